The third-order valence-corrected chi connectivity index (χ3v) is 6.19. The maximum atomic E-state index is 13.5. The van der Waals surface area contributed by atoms with E-state index in [9.17, 15) is 12.8 Å². The second-order valence-electron chi connectivity index (χ2n) is 6.12. The predicted octanol–water partition coefficient (Wildman–Crippen LogP) is 3.03. The van der Waals surface area contributed by atoms with Crippen LogP contribution in [-0.2, 0) is 21.4 Å². The van der Waals surface area contributed by atoms with Crippen LogP contribution in [0.2, 0.25) is 0 Å². The normalized spacial score (nSPS) is 16.1. The van der Waals surface area contributed by atoms with E-state index in [1.807, 2.05) is 13.0 Å². The van der Waals surface area contributed by atoms with E-state index < -0.39 is 10.0 Å². The van der Waals surface area contributed by atoms with Crippen LogP contribution in [-0.4, -0.2) is 31.9 Å². The van der Waals surface area contributed by atoms with Crippen LogP contribution in [0, 0.1) is 19.7 Å². The molecule has 3 rings (SSSR count). The molecular formula is C18H20FNO3S. The molecule has 0 spiro atoms. The molecule has 6 heteroatoms. The largest absolute Gasteiger partial charge is 0.371 e. The molecule has 1 aliphatic heterocycles. The number of ether oxygens (including phenoxy) is 1. The maximum Gasteiger partial charge on any atom is 0.243 e. The molecule has 0 aliphatic carbocycles. The fourth-order valence-electron chi connectivity index (χ4n) is 2.75. The van der Waals surface area contributed by atoms with Crippen molar-refractivity contribution in [3.63, 3.8) is 0 Å². The first kappa shape index (κ1) is 17.1. The van der Waals surface area contributed by atoms with Crippen LogP contribution in [0.3, 0.4) is 0 Å². The van der Waals surface area contributed by atoms with Crippen molar-refractivity contribution in [3.8, 4) is 0 Å². The smallest absolute Gasteiger partial charge is 0.243 e. The van der Waals surface area contributed by atoms with Crippen molar-refractivity contribution in [1.29, 1.82) is 0 Å². The molecule has 0 N–H and O–H groups in total. The highest BCUT2D eigenvalue weighted by molar-refractivity contribution is 7.89. The van der Waals surface area contributed by atoms with Crippen molar-refractivity contribution in [2.24, 2.45) is 0 Å². The highest BCUT2D eigenvalue weighted by Gasteiger charge is 2.38. The van der Waals surface area contributed by atoms with E-state index >= 15 is 0 Å². The zero-order valence-electron chi connectivity index (χ0n) is 13.7. The predicted molar refractivity (Wildman–Crippen MR) is 89.7 cm³/mol. The van der Waals surface area contributed by atoms with E-state index in [1.54, 1.807) is 37.3 Å². The van der Waals surface area contributed by atoms with Gasteiger partial charge in [0.25, 0.3) is 0 Å². The van der Waals surface area contributed by atoms with Gasteiger partial charge >= 0.3 is 0 Å². The van der Waals surface area contributed by atoms with E-state index in [0.29, 0.717) is 23.5 Å². The van der Waals surface area contributed by atoms with Gasteiger partial charge in [-0.1, -0.05) is 35.9 Å². The fourth-order valence-corrected chi connectivity index (χ4v) is 4.46. The lowest BCUT2D eigenvalue weighted by Gasteiger charge is -2.38. The van der Waals surface area contributed by atoms with Crippen LogP contribution in [0.15, 0.2) is 47.4 Å². The summed E-state index contributed by atoms with van der Waals surface area (Å²) in [6, 6.07) is 11.7. The quantitative estimate of drug-likeness (QED) is 0.834. The number of benzene rings is 2. The van der Waals surface area contributed by atoms with Crippen molar-refractivity contribution in [1.82, 2.24) is 4.31 Å². The molecule has 0 unspecified atom stereocenters. The first-order valence-electron chi connectivity index (χ1n) is 7.80. The van der Waals surface area contributed by atoms with Crippen LogP contribution in [0.4, 0.5) is 4.39 Å². The number of halogens is 1. The van der Waals surface area contributed by atoms with Crippen molar-refractivity contribution in [3.05, 3.63) is 65.0 Å². The minimum absolute atomic E-state index is 0.148. The third kappa shape index (κ3) is 3.36. The van der Waals surface area contributed by atoms with Crippen LogP contribution in [0.25, 0.3) is 0 Å². The summed E-state index contributed by atoms with van der Waals surface area (Å²) in [4.78, 5) is 0.334. The number of hydrogen-bond donors (Lipinski definition) is 0. The Hall–Kier alpha value is -1.76. The summed E-state index contributed by atoms with van der Waals surface area (Å²) in [7, 11) is -3.49. The van der Waals surface area contributed by atoms with Gasteiger partial charge in [0, 0.05) is 18.7 Å². The topological polar surface area (TPSA) is 46.6 Å². The zero-order valence-corrected chi connectivity index (χ0v) is 14.5. The van der Waals surface area contributed by atoms with E-state index in [1.165, 1.54) is 10.4 Å². The molecule has 2 aromatic rings. The van der Waals surface area contributed by atoms with Gasteiger partial charge in [-0.15, -0.1) is 0 Å². The summed E-state index contributed by atoms with van der Waals surface area (Å²) >= 11 is 0. The molecule has 4 nitrogen and oxygen atoms in total. The van der Waals surface area contributed by atoms with Crippen molar-refractivity contribution in [2.45, 2.75) is 31.5 Å². The highest BCUT2D eigenvalue weighted by atomic mass is 32.2. The summed E-state index contributed by atoms with van der Waals surface area (Å²) in [5.41, 5.74) is 2.25. The van der Waals surface area contributed by atoms with Gasteiger partial charge in [-0.2, -0.15) is 4.31 Å². The van der Waals surface area contributed by atoms with E-state index in [4.69, 9.17) is 4.74 Å². The number of rotatable bonds is 5. The average Bonchev–Trinajstić information content (AvgIpc) is 2.46. The van der Waals surface area contributed by atoms with Crippen molar-refractivity contribution < 1.29 is 17.5 Å². The Balaban J connectivity index is 1.60. The first-order chi connectivity index (χ1) is 11.4. The third-order valence-electron chi connectivity index (χ3n) is 4.20. The van der Waals surface area contributed by atoms with Gasteiger partial charge in [-0.3, -0.25) is 0 Å². The molecule has 0 amide bonds. The van der Waals surface area contributed by atoms with Crippen LogP contribution >= 0.6 is 0 Å². The number of hydrogen-bond acceptors (Lipinski definition) is 3. The van der Waals surface area contributed by atoms with Crippen molar-refractivity contribution in [2.75, 3.05) is 13.1 Å². The summed E-state index contributed by atoms with van der Waals surface area (Å²) in [5.74, 6) is -0.309. The summed E-state index contributed by atoms with van der Waals surface area (Å²) < 4.78 is 45.8. The second-order valence-corrected chi connectivity index (χ2v) is 8.02. The van der Waals surface area contributed by atoms with E-state index in [0.717, 1.165) is 11.1 Å². The van der Waals surface area contributed by atoms with Gasteiger partial charge in [-0.05, 0) is 31.5 Å². The molecule has 0 atom stereocenters. The van der Waals surface area contributed by atoms with Gasteiger partial charge in [0.15, 0.2) is 0 Å². The Labute approximate surface area is 141 Å². The van der Waals surface area contributed by atoms with Gasteiger partial charge in [-0.25, -0.2) is 12.8 Å². The van der Waals surface area contributed by atoms with E-state index in [2.05, 4.69) is 0 Å². The molecule has 0 bridgehead atoms. The Kier molecular flexibility index (Phi) is 4.71. The monoisotopic (exact) mass is 349 g/mol. The summed E-state index contributed by atoms with van der Waals surface area (Å²) in [6.07, 6.45) is -0.204. The van der Waals surface area contributed by atoms with Crippen molar-refractivity contribution >= 4 is 10.0 Å². The van der Waals surface area contributed by atoms with E-state index in [-0.39, 0.29) is 18.5 Å². The van der Waals surface area contributed by atoms with Gasteiger partial charge in [0.05, 0.1) is 17.6 Å². The molecule has 0 saturated carbocycles. The number of nitrogens with zero attached hydrogens (tertiary/aromatic N) is 1. The summed E-state index contributed by atoms with van der Waals surface area (Å²) in [5, 5.41) is 0. The first-order valence-corrected chi connectivity index (χ1v) is 9.24. The standard InChI is InChI=1S/C18H20FNO3S/c1-13-7-8-18(14(2)9-13)24(21,22)20-10-16(11-20)23-12-15-5-3-4-6-17(15)19/h3-9,16H,10-12H2,1-2H3. The lowest BCUT2D eigenvalue weighted by atomic mass is 10.2. The van der Waals surface area contributed by atoms with Crippen LogP contribution in [0.1, 0.15) is 16.7 Å². The Morgan fingerprint density at radius 3 is 2.54 bits per heavy atom. The second kappa shape index (κ2) is 6.63. The molecule has 2 aromatic carbocycles. The Morgan fingerprint density at radius 2 is 1.88 bits per heavy atom. The Bertz CT molecular complexity index is 845. The molecule has 24 heavy (non-hydrogen) atoms. The van der Waals surface area contributed by atoms with Gasteiger partial charge < -0.3 is 4.74 Å². The molecule has 0 aromatic heterocycles. The highest BCUT2D eigenvalue weighted by Crippen LogP contribution is 2.26. The minimum atomic E-state index is -3.49. The van der Waals surface area contributed by atoms with Gasteiger partial charge in [0.1, 0.15) is 5.82 Å². The molecule has 1 fully saturated rings. The lowest BCUT2D eigenvalue weighted by Crippen LogP contribution is -2.54. The Morgan fingerprint density at radius 1 is 1.17 bits per heavy atom. The lowest BCUT2D eigenvalue weighted by molar-refractivity contribution is -0.0304. The maximum absolute atomic E-state index is 13.5. The van der Waals surface area contributed by atoms with Gasteiger partial charge in [0.2, 0.25) is 10.0 Å². The number of sulfonamides is 1. The summed E-state index contributed by atoms with van der Waals surface area (Å²) in [6.45, 7) is 4.47. The molecule has 1 aliphatic rings. The molecule has 0 radical (unpaired) electrons. The SMILES string of the molecule is Cc1ccc(S(=O)(=O)N2CC(OCc3ccccc3F)C2)c(C)c1. The minimum Gasteiger partial charge on any atom is -0.371 e. The molecular weight excluding hydrogens is 329 g/mol. The molecule has 1 heterocycles. The molecule has 1 saturated heterocycles. The molecule has 128 valence electrons. The number of aryl methyl sites for hydroxylation is 2. The fraction of sp³-hybridized carbons (Fsp3) is 0.333. The average molecular weight is 349 g/mol. The zero-order chi connectivity index (χ0) is 17.3. The van der Waals surface area contributed by atoms with Crippen LogP contribution in [0.5, 0.6) is 0 Å². The van der Waals surface area contributed by atoms with Crippen LogP contribution < -0.4 is 0 Å².